The molecule has 1 N–H and O–H groups in total. The maximum atomic E-state index is 5.81. The first-order valence-electron chi connectivity index (χ1n) is 7.33. The summed E-state index contributed by atoms with van der Waals surface area (Å²) in [5, 5.41) is 3.43. The molecule has 0 saturated heterocycles. The third-order valence-electron chi connectivity index (χ3n) is 2.94. The summed E-state index contributed by atoms with van der Waals surface area (Å²) in [4.78, 5) is 0. The van der Waals surface area contributed by atoms with Gasteiger partial charge in [0.15, 0.2) is 11.5 Å². The molecule has 1 unspecified atom stereocenters. The van der Waals surface area contributed by atoms with Crippen molar-refractivity contribution in [2.75, 3.05) is 26.3 Å². The van der Waals surface area contributed by atoms with E-state index in [9.17, 15) is 0 Å². The molecule has 0 aromatic heterocycles. The molecule has 0 amide bonds. The molecule has 0 fully saturated rings. The van der Waals surface area contributed by atoms with Crippen LogP contribution in [0.3, 0.4) is 0 Å². The van der Waals surface area contributed by atoms with Crippen molar-refractivity contribution in [2.24, 2.45) is 5.92 Å². The van der Waals surface area contributed by atoms with Gasteiger partial charge in [-0.1, -0.05) is 26.0 Å². The predicted molar refractivity (Wildman–Crippen MR) is 80.0 cm³/mol. The lowest BCUT2D eigenvalue weighted by molar-refractivity contribution is 0.256. The Labute approximate surface area is 117 Å². The molecule has 0 aliphatic rings. The zero-order chi connectivity index (χ0) is 13.9. The monoisotopic (exact) mass is 265 g/mol. The number of nitrogens with one attached hydrogen (secondary N) is 1. The van der Waals surface area contributed by atoms with E-state index in [0.717, 1.165) is 37.6 Å². The van der Waals surface area contributed by atoms with Crippen LogP contribution >= 0.6 is 0 Å². The van der Waals surface area contributed by atoms with Crippen LogP contribution in [0.4, 0.5) is 0 Å². The molecule has 108 valence electrons. The van der Waals surface area contributed by atoms with Gasteiger partial charge in [0, 0.05) is 0 Å². The summed E-state index contributed by atoms with van der Waals surface area (Å²) in [6.07, 6.45) is 2.24. The average molecular weight is 265 g/mol. The maximum Gasteiger partial charge on any atom is 0.161 e. The van der Waals surface area contributed by atoms with Gasteiger partial charge in [-0.15, -0.1) is 0 Å². The van der Waals surface area contributed by atoms with E-state index in [1.165, 1.54) is 6.42 Å². The van der Waals surface area contributed by atoms with Gasteiger partial charge in [-0.05, 0) is 50.9 Å². The van der Waals surface area contributed by atoms with Crippen LogP contribution in [0.15, 0.2) is 24.3 Å². The van der Waals surface area contributed by atoms with E-state index < -0.39 is 0 Å². The zero-order valence-electron chi connectivity index (χ0n) is 12.4. The molecular weight excluding hydrogens is 238 g/mol. The van der Waals surface area contributed by atoms with Gasteiger partial charge in [0.25, 0.3) is 0 Å². The van der Waals surface area contributed by atoms with E-state index in [1.54, 1.807) is 0 Å². The summed E-state index contributed by atoms with van der Waals surface area (Å²) in [6.45, 7) is 9.98. The lowest BCUT2D eigenvalue weighted by Gasteiger charge is -2.15. The van der Waals surface area contributed by atoms with Gasteiger partial charge in [-0.3, -0.25) is 0 Å². The van der Waals surface area contributed by atoms with E-state index in [4.69, 9.17) is 9.47 Å². The van der Waals surface area contributed by atoms with Crippen molar-refractivity contribution in [2.45, 2.75) is 33.6 Å². The molecule has 0 spiro atoms. The quantitative estimate of drug-likeness (QED) is 0.657. The average Bonchev–Trinajstić information content (AvgIpc) is 2.41. The van der Waals surface area contributed by atoms with Crippen LogP contribution in [0.1, 0.15) is 33.6 Å². The minimum Gasteiger partial charge on any atom is -0.490 e. The van der Waals surface area contributed by atoms with E-state index in [-0.39, 0.29) is 0 Å². The Balaban J connectivity index is 2.28. The van der Waals surface area contributed by atoms with Crippen molar-refractivity contribution < 1.29 is 9.47 Å². The van der Waals surface area contributed by atoms with E-state index in [1.807, 2.05) is 31.2 Å². The van der Waals surface area contributed by atoms with Crippen LogP contribution in [0.2, 0.25) is 0 Å². The van der Waals surface area contributed by atoms with Gasteiger partial charge in [-0.2, -0.15) is 0 Å². The predicted octanol–water partition coefficient (Wildman–Crippen LogP) is 3.49. The second-order valence-electron chi connectivity index (χ2n) is 4.83. The summed E-state index contributed by atoms with van der Waals surface area (Å²) in [7, 11) is 0. The number of para-hydroxylation sites is 2. The molecule has 3 heteroatoms. The van der Waals surface area contributed by atoms with Crippen LogP contribution in [0.5, 0.6) is 11.5 Å². The molecule has 19 heavy (non-hydrogen) atoms. The standard InChI is InChI=1S/C16H27NO2/c1-4-11-17-13-14(3)10-12-19-16-9-7-6-8-15(16)18-5-2/h6-9,14,17H,4-5,10-13H2,1-3H3. The molecule has 1 aromatic carbocycles. The van der Waals surface area contributed by atoms with Crippen molar-refractivity contribution in [3.8, 4) is 11.5 Å². The third-order valence-corrected chi connectivity index (χ3v) is 2.94. The lowest BCUT2D eigenvalue weighted by Crippen LogP contribution is -2.23. The number of hydrogen-bond donors (Lipinski definition) is 1. The highest BCUT2D eigenvalue weighted by Crippen LogP contribution is 2.26. The SMILES string of the molecule is CCCNCC(C)CCOc1ccccc1OCC. The lowest BCUT2D eigenvalue weighted by atomic mass is 10.1. The number of ether oxygens (including phenoxy) is 2. The van der Waals surface area contributed by atoms with Crippen molar-refractivity contribution in [1.29, 1.82) is 0 Å². The molecule has 1 aromatic rings. The van der Waals surface area contributed by atoms with Crippen molar-refractivity contribution >= 4 is 0 Å². The van der Waals surface area contributed by atoms with Gasteiger partial charge in [-0.25, -0.2) is 0 Å². The van der Waals surface area contributed by atoms with Gasteiger partial charge in [0.05, 0.1) is 13.2 Å². The maximum absolute atomic E-state index is 5.81. The van der Waals surface area contributed by atoms with Crippen molar-refractivity contribution in [3.05, 3.63) is 24.3 Å². The van der Waals surface area contributed by atoms with Crippen molar-refractivity contribution in [1.82, 2.24) is 5.32 Å². The second kappa shape index (κ2) is 9.68. The zero-order valence-corrected chi connectivity index (χ0v) is 12.4. The first kappa shape index (κ1) is 15.8. The Morgan fingerprint density at radius 2 is 1.79 bits per heavy atom. The Kier molecular flexibility index (Phi) is 8.07. The van der Waals surface area contributed by atoms with Crippen LogP contribution in [-0.2, 0) is 0 Å². The normalized spacial score (nSPS) is 12.2. The summed E-state index contributed by atoms with van der Waals surface area (Å²) < 4.78 is 11.4. The van der Waals surface area contributed by atoms with Crippen LogP contribution in [-0.4, -0.2) is 26.3 Å². The summed E-state index contributed by atoms with van der Waals surface area (Å²) in [6, 6.07) is 7.86. The molecule has 0 aliphatic heterocycles. The molecule has 1 rings (SSSR count). The Morgan fingerprint density at radius 1 is 1.11 bits per heavy atom. The number of rotatable bonds is 10. The fourth-order valence-corrected chi connectivity index (χ4v) is 1.84. The molecular formula is C16H27NO2. The molecule has 0 saturated carbocycles. The van der Waals surface area contributed by atoms with Crippen LogP contribution in [0, 0.1) is 5.92 Å². The van der Waals surface area contributed by atoms with Gasteiger partial charge < -0.3 is 14.8 Å². The molecule has 0 bridgehead atoms. The molecule has 3 nitrogen and oxygen atoms in total. The molecule has 0 heterocycles. The van der Waals surface area contributed by atoms with E-state index in [2.05, 4.69) is 19.2 Å². The molecule has 0 aliphatic carbocycles. The van der Waals surface area contributed by atoms with Crippen LogP contribution < -0.4 is 14.8 Å². The largest absolute Gasteiger partial charge is 0.490 e. The smallest absolute Gasteiger partial charge is 0.161 e. The van der Waals surface area contributed by atoms with Gasteiger partial charge in [0.2, 0.25) is 0 Å². The van der Waals surface area contributed by atoms with Crippen molar-refractivity contribution in [3.63, 3.8) is 0 Å². The molecule has 0 radical (unpaired) electrons. The third kappa shape index (κ3) is 6.48. The summed E-state index contributed by atoms with van der Waals surface area (Å²) in [5.74, 6) is 2.31. The molecule has 1 atom stereocenters. The highest BCUT2D eigenvalue weighted by molar-refractivity contribution is 5.39. The fraction of sp³-hybridized carbons (Fsp3) is 0.625. The second-order valence-corrected chi connectivity index (χ2v) is 4.83. The highest BCUT2D eigenvalue weighted by atomic mass is 16.5. The first-order valence-corrected chi connectivity index (χ1v) is 7.33. The number of benzene rings is 1. The fourth-order valence-electron chi connectivity index (χ4n) is 1.84. The van der Waals surface area contributed by atoms with Crippen LogP contribution in [0.25, 0.3) is 0 Å². The van der Waals surface area contributed by atoms with E-state index in [0.29, 0.717) is 12.5 Å². The van der Waals surface area contributed by atoms with Gasteiger partial charge >= 0.3 is 0 Å². The Bertz CT molecular complexity index is 341. The number of hydrogen-bond acceptors (Lipinski definition) is 3. The minimum absolute atomic E-state index is 0.630. The first-order chi connectivity index (χ1) is 9.27. The summed E-state index contributed by atoms with van der Waals surface area (Å²) in [5.41, 5.74) is 0. The highest BCUT2D eigenvalue weighted by Gasteiger charge is 2.05. The van der Waals surface area contributed by atoms with E-state index >= 15 is 0 Å². The summed E-state index contributed by atoms with van der Waals surface area (Å²) >= 11 is 0. The minimum atomic E-state index is 0.630. The van der Waals surface area contributed by atoms with Gasteiger partial charge in [0.1, 0.15) is 0 Å². The topological polar surface area (TPSA) is 30.5 Å². The Hall–Kier alpha value is -1.22. The Morgan fingerprint density at radius 3 is 2.42 bits per heavy atom.